The Labute approximate surface area is 173 Å². The van der Waals surface area contributed by atoms with Crippen LogP contribution in [0, 0.1) is 11.7 Å². The molecule has 1 aliphatic carbocycles. The van der Waals surface area contributed by atoms with Gasteiger partial charge in [-0.05, 0) is 42.2 Å². The fourth-order valence-corrected chi connectivity index (χ4v) is 4.72. The molecule has 150 valence electrons. The number of nitrogens with zero attached hydrogens (tertiary/aromatic N) is 1. The maximum absolute atomic E-state index is 13.6. The Bertz CT molecular complexity index is 1160. The quantitative estimate of drug-likeness (QED) is 0.722. The first-order chi connectivity index (χ1) is 14.5. The van der Waals surface area contributed by atoms with Gasteiger partial charge in [0, 0.05) is 11.1 Å². The summed E-state index contributed by atoms with van der Waals surface area (Å²) in [5.74, 6) is -1.91. The number of Topliss-reactive ketones (excluding diaryl/α,β-unsaturated/α-hetero) is 1. The largest absolute Gasteiger partial charge is 0.375 e. The second-order valence-electron chi connectivity index (χ2n) is 7.91. The molecule has 0 radical (unpaired) electrons. The van der Waals surface area contributed by atoms with Crippen molar-refractivity contribution in [3.05, 3.63) is 101 Å². The third-order valence-corrected chi connectivity index (χ3v) is 6.24. The first kappa shape index (κ1) is 18.7. The molecule has 1 amide bonds. The molecule has 2 unspecified atom stereocenters. The molecule has 2 aliphatic rings. The van der Waals surface area contributed by atoms with Crippen molar-refractivity contribution in [1.82, 2.24) is 0 Å². The van der Waals surface area contributed by atoms with Crippen LogP contribution in [0.25, 0.3) is 0 Å². The number of amides is 1. The van der Waals surface area contributed by atoms with Gasteiger partial charge < -0.3 is 10.0 Å². The molecule has 4 nitrogen and oxygen atoms in total. The van der Waals surface area contributed by atoms with Crippen molar-refractivity contribution in [2.24, 2.45) is 5.92 Å². The Kier molecular flexibility index (Phi) is 4.29. The van der Waals surface area contributed by atoms with E-state index in [2.05, 4.69) is 0 Å². The molecule has 1 heterocycles. The number of benzene rings is 3. The summed E-state index contributed by atoms with van der Waals surface area (Å²) in [6.45, 7) is 0.190. The van der Waals surface area contributed by atoms with E-state index in [0.29, 0.717) is 29.7 Å². The summed E-state index contributed by atoms with van der Waals surface area (Å²) in [4.78, 5) is 28.4. The number of fused-ring (bicyclic) bond motifs is 2. The number of hydrogen-bond donors (Lipinski definition) is 1. The van der Waals surface area contributed by atoms with Crippen LogP contribution in [0.15, 0.2) is 72.8 Å². The van der Waals surface area contributed by atoms with Gasteiger partial charge in [0.05, 0.1) is 18.2 Å². The van der Waals surface area contributed by atoms with E-state index in [-0.39, 0.29) is 18.1 Å². The normalized spacial score (nSPS) is 22.7. The van der Waals surface area contributed by atoms with Crippen LogP contribution in [-0.4, -0.2) is 16.8 Å². The molecule has 30 heavy (non-hydrogen) atoms. The summed E-state index contributed by atoms with van der Waals surface area (Å²) < 4.78 is 13.3. The summed E-state index contributed by atoms with van der Waals surface area (Å²) in [6, 6.07) is 20.3. The molecule has 1 aliphatic heterocycles. The number of aliphatic hydroxyl groups is 1. The van der Waals surface area contributed by atoms with E-state index in [4.69, 9.17) is 0 Å². The second-order valence-corrected chi connectivity index (χ2v) is 7.91. The molecule has 0 saturated heterocycles. The lowest BCUT2D eigenvalue weighted by Crippen LogP contribution is -2.49. The van der Waals surface area contributed by atoms with Crippen LogP contribution in [0.4, 0.5) is 10.1 Å². The van der Waals surface area contributed by atoms with Crippen LogP contribution < -0.4 is 4.90 Å². The van der Waals surface area contributed by atoms with Crippen molar-refractivity contribution in [3.63, 3.8) is 0 Å². The lowest BCUT2D eigenvalue weighted by molar-refractivity contribution is -0.140. The minimum atomic E-state index is -1.92. The summed E-state index contributed by atoms with van der Waals surface area (Å²) in [6.07, 6.45) is 1.03. The Morgan fingerprint density at radius 2 is 1.67 bits per heavy atom. The number of hydrogen-bond acceptors (Lipinski definition) is 3. The van der Waals surface area contributed by atoms with Gasteiger partial charge in [-0.3, -0.25) is 9.59 Å². The zero-order chi connectivity index (χ0) is 20.9. The van der Waals surface area contributed by atoms with Crippen LogP contribution >= 0.6 is 0 Å². The first-order valence-electron chi connectivity index (χ1n) is 10.0. The monoisotopic (exact) mass is 401 g/mol. The number of para-hydroxylation sites is 1. The number of carbonyl (C=O) groups excluding carboxylic acids is 2. The molecule has 3 aromatic rings. The van der Waals surface area contributed by atoms with Gasteiger partial charge in [0.15, 0.2) is 11.4 Å². The highest BCUT2D eigenvalue weighted by Gasteiger charge is 2.57. The number of ketones is 1. The molecular formula is C25H20FNO3. The summed E-state index contributed by atoms with van der Waals surface area (Å²) in [5, 5.41) is 11.8. The zero-order valence-electron chi connectivity index (χ0n) is 16.2. The molecule has 0 fully saturated rings. The van der Waals surface area contributed by atoms with E-state index in [1.807, 2.05) is 12.1 Å². The van der Waals surface area contributed by atoms with E-state index in [1.54, 1.807) is 48.5 Å². The number of rotatable bonds is 3. The van der Waals surface area contributed by atoms with Crippen molar-refractivity contribution in [2.75, 3.05) is 4.90 Å². The number of halogens is 1. The summed E-state index contributed by atoms with van der Waals surface area (Å²) in [5.41, 5.74) is 1.38. The van der Waals surface area contributed by atoms with E-state index in [0.717, 1.165) is 11.1 Å². The Balaban J connectivity index is 1.56. The number of anilines is 1. The summed E-state index contributed by atoms with van der Waals surface area (Å²) >= 11 is 0. The minimum absolute atomic E-state index is 0.190. The standard InChI is InChI=1S/C25H20FNO3/c26-18-12-9-16(10-13-18)15-27-22-8-4-3-7-20(22)25(30,24(27)29)21-14-11-17-5-1-2-6-19(17)23(21)28/h1-10,12-13,21,30H,11,14-15H2. The van der Waals surface area contributed by atoms with Gasteiger partial charge >= 0.3 is 0 Å². The van der Waals surface area contributed by atoms with Crippen molar-refractivity contribution in [1.29, 1.82) is 0 Å². The Morgan fingerprint density at radius 1 is 0.967 bits per heavy atom. The lowest BCUT2D eigenvalue weighted by Gasteiger charge is -2.34. The first-order valence-corrected chi connectivity index (χ1v) is 10.0. The average Bonchev–Trinajstić information content (AvgIpc) is 2.98. The molecule has 1 N–H and O–H groups in total. The maximum atomic E-state index is 13.6. The van der Waals surface area contributed by atoms with Crippen molar-refractivity contribution >= 4 is 17.4 Å². The maximum Gasteiger partial charge on any atom is 0.264 e. The predicted octanol–water partition coefficient (Wildman–Crippen LogP) is 4.01. The van der Waals surface area contributed by atoms with Gasteiger partial charge in [0.2, 0.25) is 0 Å². The van der Waals surface area contributed by atoms with Crippen LogP contribution in [0.5, 0.6) is 0 Å². The van der Waals surface area contributed by atoms with Gasteiger partial charge in [0.25, 0.3) is 5.91 Å². The molecular weight excluding hydrogens is 381 g/mol. The van der Waals surface area contributed by atoms with Gasteiger partial charge in [-0.25, -0.2) is 4.39 Å². The molecule has 0 spiro atoms. The third kappa shape index (κ3) is 2.70. The highest BCUT2D eigenvalue weighted by atomic mass is 19.1. The van der Waals surface area contributed by atoms with Crippen LogP contribution in [0.2, 0.25) is 0 Å². The van der Waals surface area contributed by atoms with Gasteiger partial charge in [-0.15, -0.1) is 0 Å². The van der Waals surface area contributed by atoms with Crippen molar-refractivity contribution in [2.45, 2.75) is 25.0 Å². The molecule has 0 aromatic heterocycles. The predicted molar refractivity (Wildman–Crippen MR) is 111 cm³/mol. The molecule has 5 rings (SSSR count). The molecule has 3 aromatic carbocycles. The van der Waals surface area contributed by atoms with E-state index in [9.17, 15) is 19.1 Å². The van der Waals surface area contributed by atoms with E-state index < -0.39 is 17.4 Å². The summed E-state index contributed by atoms with van der Waals surface area (Å²) in [7, 11) is 0. The minimum Gasteiger partial charge on any atom is -0.375 e. The van der Waals surface area contributed by atoms with Crippen molar-refractivity contribution in [3.8, 4) is 0 Å². The Morgan fingerprint density at radius 3 is 2.47 bits per heavy atom. The number of carbonyl (C=O) groups is 2. The average molecular weight is 401 g/mol. The van der Waals surface area contributed by atoms with E-state index >= 15 is 0 Å². The van der Waals surface area contributed by atoms with Gasteiger partial charge in [-0.1, -0.05) is 54.6 Å². The van der Waals surface area contributed by atoms with Crippen LogP contribution in [0.3, 0.4) is 0 Å². The number of aryl methyl sites for hydroxylation is 1. The molecule has 0 saturated carbocycles. The van der Waals surface area contributed by atoms with Crippen LogP contribution in [0.1, 0.15) is 33.5 Å². The van der Waals surface area contributed by atoms with Gasteiger partial charge in [-0.2, -0.15) is 0 Å². The fourth-order valence-electron chi connectivity index (χ4n) is 4.72. The van der Waals surface area contributed by atoms with E-state index in [1.165, 1.54) is 17.0 Å². The van der Waals surface area contributed by atoms with Crippen molar-refractivity contribution < 1.29 is 19.1 Å². The molecule has 0 bridgehead atoms. The molecule has 2 atom stereocenters. The SMILES string of the molecule is O=C1c2ccccc2CCC1C1(O)C(=O)N(Cc2ccc(F)cc2)c2ccccc21. The lowest BCUT2D eigenvalue weighted by atomic mass is 9.71. The fraction of sp³-hybridized carbons (Fsp3) is 0.200. The van der Waals surface area contributed by atoms with Crippen LogP contribution in [-0.2, 0) is 23.4 Å². The highest BCUT2D eigenvalue weighted by molar-refractivity contribution is 6.12. The zero-order valence-corrected chi connectivity index (χ0v) is 16.2. The Hall–Kier alpha value is -3.31. The highest BCUT2D eigenvalue weighted by Crippen LogP contribution is 2.48. The topological polar surface area (TPSA) is 57.6 Å². The second kappa shape index (κ2) is 6.89. The molecule has 5 heteroatoms. The van der Waals surface area contributed by atoms with Gasteiger partial charge in [0.1, 0.15) is 5.82 Å². The smallest absolute Gasteiger partial charge is 0.264 e. The third-order valence-electron chi connectivity index (χ3n) is 6.24.